The van der Waals surface area contributed by atoms with Gasteiger partial charge in [0.15, 0.2) is 4.11 Å². The van der Waals surface area contributed by atoms with Gasteiger partial charge in [-0.25, -0.2) is 13.9 Å². The first-order chi connectivity index (χ1) is 13.8. The van der Waals surface area contributed by atoms with Gasteiger partial charge in [0.1, 0.15) is 0 Å². The fourth-order valence-corrected chi connectivity index (χ4v) is 5.05. The number of sulfonamides is 1. The average Bonchev–Trinajstić information content (AvgIpc) is 2.74. The first-order valence-electron chi connectivity index (χ1n) is 9.24. The monoisotopic (exact) mass is 529 g/mol. The molecule has 1 saturated heterocycles. The van der Waals surface area contributed by atoms with E-state index in [1.54, 1.807) is 48.5 Å². The molecule has 2 aromatic rings. The molecule has 1 heterocycles. The molecule has 0 spiro atoms. The van der Waals surface area contributed by atoms with Crippen LogP contribution in [0.2, 0.25) is 0 Å². The lowest BCUT2D eigenvalue weighted by Gasteiger charge is -2.36. The second-order valence-corrected chi connectivity index (χ2v) is 10.1. The SMILES string of the molecule is CC1CN(S(=O)(=O)c2ccc(C(I)ONC(=O)c3ccccc3)cc2)CCN1C. The van der Waals surface area contributed by atoms with Crippen LogP contribution in [0.3, 0.4) is 0 Å². The Morgan fingerprint density at radius 1 is 1.14 bits per heavy atom. The molecule has 29 heavy (non-hydrogen) atoms. The summed E-state index contributed by atoms with van der Waals surface area (Å²) in [5.74, 6) is -0.337. The first-order valence-corrected chi connectivity index (χ1v) is 11.9. The number of hydrogen-bond donors (Lipinski definition) is 1. The van der Waals surface area contributed by atoms with Crippen LogP contribution in [0.5, 0.6) is 0 Å². The van der Waals surface area contributed by atoms with Gasteiger partial charge < -0.3 is 4.90 Å². The molecule has 9 heteroatoms. The number of hydrogen-bond acceptors (Lipinski definition) is 5. The van der Waals surface area contributed by atoms with Gasteiger partial charge in [-0.2, -0.15) is 4.31 Å². The normalized spacial score (nSPS) is 19.6. The zero-order valence-corrected chi connectivity index (χ0v) is 19.3. The smallest absolute Gasteiger partial charge is 0.274 e. The van der Waals surface area contributed by atoms with E-state index in [1.807, 2.05) is 42.6 Å². The Hall–Kier alpha value is -1.53. The van der Waals surface area contributed by atoms with Crippen molar-refractivity contribution in [3.8, 4) is 0 Å². The van der Waals surface area contributed by atoms with Gasteiger partial charge in [-0.3, -0.25) is 9.63 Å². The van der Waals surface area contributed by atoms with E-state index in [0.29, 0.717) is 25.2 Å². The van der Waals surface area contributed by atoms with E-state index >= 15 is 0 Å². The van der Waals surface area contributed by atoms with Crippen molar-refractivity contribution in [2.45, 2.75) is 22.0 Å². The van der Waals surface area contributed by atoms with Crippen LogP contribution < -0.4 is 5.48 Å². The van der Waals surface area contributed by atoms with Crippen molar-refractivity contribution in [3.05, 3.63) is 65.7 Å². The molecular weight excluding hydrogens is 505 g/mol. The van der Waals surface area contributed by atoms with Crippen molar-refractivity contribution in [1.82, 2.24) is 14.7 Å². The van der Waals surface area contributed by atoms with E-state index in [0.717, 1.165) is 5.56 Å². The number of likely N-dealkylation sites (N-methyl/N-ethyl adjacent to an activating group) is 1. The zero-order chi connectivity index (χ0) is 21.0. The first kappa shape index (κ1) is 22.2. The maximum absolute atomic E-state index is 12.9. The number of amides is 1. The van der Waals surface area contributed by atoms with Crippen LogP contribution >= 0.6 is 22.6 Å². The molecule has 0 aromatic heterocycles. The highest BCUT2D eigenvalue weighted by molar-refractivity contribution is 14.1. The van der Waals surface area contributed by atoms with E-state index in [2.05, 4.69) is 10.4 Å². The Kier molecular flexibility index (Phi) is 7.28. The lowest BCUT2D eigenvalue weighted by atomic mass is 10.2. The summed E-state index contributed by atoms with van der Waals surface area (Å²) in [5, 5.41) is 0. The van der Waals surface area contributed by atoms with Crippen LogP contribution in [-0.2, 0) is 14.9 Å². The standard InChI is InChI=1S/C20H24IN3O4S/c1-15-14-24(13-12-23(15)2)29(26,27)18-10-8-16(9-11-18)19(21)28-22-20(25)17-6-4-3-5-7-17/h3-11,15,19H,12-14H2,1-2H3,(H,22,25). The minimum atomic E-state index is -3.53. The molecule has 2 aromatic carbocycles. The molecule has 1 fully saturated rings. The van der Waals surface area contributed by atoms with Gasteiger partial charge in [0.05, 0.1) is 4.90 Å². The zero-order valence-electron chi connectivity index (χ0n) is 16.3. The van der Waals surface area contributed by atoms with Crippen LogP contribution in [0.25, 0.3) is 0 Å². The molecule has 1 N–H and O–H groups in total. The Morgan fingerprint density at radius 3 is 2.41 bits per heavy atom. The number of carbonyl (C=O) groups is 1. The van der Waals surface area contributed by atoms with Gasteiger partial charge in [0.25, 0.3) is 5.91 Å². The predicted octanol–water partition coefficient (Wildman–Crippen LogP) is 2.81. The lowest BCUT2D eigenvalue weighted by molar-refractivity contribution is 0.0251. The molecule has 1 aliphatic rings. The summed E-state index contributed by atoms with van der Waals surface area (Å²) in [5.41, 5.74) is 3.68. The summed E-state index contributed by atoms with van der Waals surface area (Å²) in [6.07, 6.45) is 0. The maximum atomic E-state index is 12.9. The fourth-order valence-electron chi connectivity index (χ4n) is 3.00. The lowest BCUT2D eigenvalue weighted by Crippen LogP contribution is -2.51. The van der Waals surface area contributed by atoms with Gasteiger partial charge >= 0.3 is 0 Å². The Morgan fingerprint density at radius 2 is 1.79 bits per heavy atom. The van der Waals surface area contributed by atoms with Crippen LogP contribution in [-0.4, -0.2) is 56.3 Å². The molecule has 1 aliphatic heterocycles. The van der Waals surface area contributed by atoms with Crippen molar-refractivity contribution in [2.24, 2.45) is 0 Å². The van der Waals surface area contributed by atoms with E-state index in [1.165, 1.54) is 4.31 Å². The summed E-state index contributed by atoms with van der Waals surface area (Å²) < 4.78 is 26.9. The largest absolute Gasteiger partial charge is 0.301 e. The molecule has 0 saturated carbocycles. The Balaban J connectivity index is 1.62. The number of rotatable bonds is 6. The highest BCUT2D eigenvalue weighted by atomic mass is 127. The van der Waals surface area contributed by atoms with Gasteiger partial charge in [-0.1, -0.05) is 30.3 Å². The van der Waals surface area contributed by atoms with Gasteiger partial charge in [-0.05, 0) is 66.4 Å². The van der Waals surface area contributed by atoms with E-state index in [-0.39, 0.29) is 16.8 Å². The summed E-state index contributed by atoms with van der Waals surface area (Å²) in [6, 6.07) is 15.5. The van der Waals surface area contributed by atoms with Crippen LogP contribution in [0.4, 0.5) is 0 Å². The number of nitrogens with one attached hydrogen (secondary N) is 1. The predicted molar refractivity (Wildman–Crippen MR) is 119 cm³/mol. The minimum absolute atomic E-state index is 0.179. The number of carbonyl (C=O) groups excluding carboxylic acids is 1. The molecule has 2 unspecified atom stereocenters. The van der Waals surface area contributed by atoms with E-state index < -0.39 is 14.1 Å². The van der Waals surface area contributed by atoms with Crippen molar-refractivity contribution in [2.75, 3.05) is 26.7 Å². The second kappa shape index (κ2) is 9.52. The molecule has 156 valence electrons. The van der Waals surface area contributed by atoms with E-state index in [9.17, 15) is 13.2 Å². The molecule has 1 amide bonds. The van der Waals surface area contributed by atoms with E-state index in [4.69, 9.17) is 4.84 Å². The minimum Gasteiger partial charge on any atom is -0.301 e. The molecule has 3 rings (SSSR count). The molecule has 0 bridgehead atoms. The number of benzene rings is 2. The number of piperazine rings is 1. The molecule has 0 aliphatic carbocycles. The number of hydroxylamine groups is 1. The third kappa shape index (κ3) is 5.34. The molecule has 7 nitrogen and oxygen atoms in total. The fraction of sp³-hybridized carbons (Fsp3) is 0.350. The third-order valence-corrected chi connectivity index (χ3v) is 7.85. The maximum Gasteiger partial charge on any atom is 0.274 e. The van der Waals surface area contributed by atoms with Crippen molar-refractivity contribution < 1.29 is 18.0 Å². The van der Waals surface area contributed by atoms with Gasteiger partial charge in [0, 0.05) is 31.2 Å². The third-order valence-electron chi connectivity index (χ3n) is 4.99. The highest BCUT2D eigenvalue weighted by Gasteiger charge is 2.30. The topological polar surface area (TPSA) is 79.0 Å². The molecule has 2 atom stereocenters. The number of halogens is 1. The quantitative estimate of drug-likeness (QED) is 0.354. The van der Waals surface area contributed by atoms with Crippen LogP contribution in [0.1, 0.15) is 27.0 Å². The van der Waals surface area contributed by atoms with Crippen molar-refractivity contribution in [3.63, 3.8) is 0 Å². The summed E-state index contributed by atoms with van der Waals surface area (Å²) in [7, 11) is -1.53. The summed E-state index contributed by atoms with van der Waals surface area (Å²) >= 11 is 2.04. The van der Waals surface area contributed by atoms with Crippen molar-refractivity contribution >= 4 is 38.5 Å². The summed E-state index contributed by atoms with van der Waals surface area (Å²) in [4.78, 5) is 19.9. The average molecular weight is 529 g/mol. The van der Waals surface area contributed by atoms with Gasteiger partial charge in [-0.15, -0.1) is 0 Å². The molecular formula is C20H24IN3O4S. The Labute approximate surface area is 185 Å². The number of alkyl halides is 1. The Bertz CT molecular complexity index is 938. The second-order valence-electron chi connectivity index (χ2n) is 6.99. The number of nitrogens with zero attached hydrogens (tertiary/aromatic N) is 2. The molecule has 0 radical (unpaired) electrons. The highest BCUT2D eigenvalue weighted by Crippen LogP contribution is 2.26. The van der Waals surface area contributed by atoms with Crippen LogP contribution in [0, 0.1) is 0 Å². The van der Waals surface area contributed by atoms with Crippen molar-refractivity contribution in [1.29, 1.82) is 0 Å². The van der Waals surface area contributed by atoms with Crippen LogP contribution in [0.15, 0.2) is 59.5 Å². The van der Waals surface area contributed by atoms with Gasteiger partial charge in [0.2, 0.25) is 10.0 Å². The summed E-state index contributed by atoms with van der Waals surface area (Å²) in [6.45, 7) is 3.69.